The van der Waals surface area contributed by atoms with E-state index in [1.807, 2.05) is 48.5 Å². The van der Waals surface area contributed by atoms with Crippen LogP contribution in [0.2, 0.25) is 0 Å². The number of rotatable bonds is 6. The summed E-state index contributed by atoms with van der Waals surface area (Å²) in [6.07, 6.45) is 3.51. The number of carbonyl (C=O) groups is 1. The number of nitrogens with one attached hydrogen (secondary N) is 1. The van der Waals surface area contributed by atoms with Crippen molar-refractivity contribution in [3.63, 3.8) is 0 Å². The monoisotopic (exact) mass is 371 g/mol. The molecule has 6 heteroatoms. The summed E-state index contributed by atoms with van der Waals surface area (Å²) in [4.78, 5) is 14.8. The molecule has 0 unspecified atom stereocenters. The fourth-order valence-corrected chi connectivity index (χ4v) is 3.49. The second-order valence-electron chi connectivity index (χ2n) is 6.92. The Bertz CT molecular complexity index is 991. The van der Waals surface area contributed by atoms with Gasteiger partial charge in [-0.3, -0.25) is 9.69 Å². The summed E-state index contributed by atoms with van der Waals surface area (Å²) in [5, 5.41) is 16.5. The molecule has 1 aliphatic heterocycles. The lowest BCUT2D eigenvalue weighted by Gasteiger charge is -2.40. The van der Waals surface area contributed by atoms with Crippen molar-refractivity contribution >= 4 is 11.7 Å². The van der Waals surface area contributed by atoms with Gasteiger partial charge in [0, 0.05) is 12.6 Å². The number of likely N-dealkylation sites (tertiary alicyclic amines) is 1. The molecule has 140 valence electrons. The van der Waals surface area contributed by atoms with Gasteiger partial charge in [0.1, 0.15) is 11.6 Å². The van der Waals surface area contributed by atoms with Gasteiger partial charge in [-0.15, -0.1) is 0 Å². The zero-order valence-corrected chi connectivity index (χ0v) is 15.5. The van der Waals surface area contributed by atoms with Crippen molar-refractivity contribution in [3.8, 4) is 11.8 Å². The number of hydrogen-bond acceptors (Lipinski definition) is 4. The minimum absolute atomic E-state index is 0.132. The molecule has 1 amide bonds. The zero-order valence-electron chi connectivity index (χ0n) is 15.5. The molecule has 3 aromatic rings. The molecule has 1 N–H and O–H groups in total. The molecule has 2 heterocycles. The maximum atomic E-state index is 12.7. The van der Waals surface area contributed by atoms with Gasteiger partial charge in [-0.1, -0.05) is 48.5 Å². The van der Waals surface area contributed by atoms with Crippen LogP contribution in [-0.2, 0) is 11.2 Å². The van der Waals surface area contributed by atoms with Crippen LogP contribution in [0, 0.1) is 11.3 Å². The van der Waals surface area contributed by atoms with E-state index in [0.717, 1.165) is 25.1 Å². The summed E-state index contributed by atoms with van der Waals surface area (Å²) in [7, 11) is 0. The highest BCUT2D eigenvalue weighted by Gasteiger charge is 2.30. The topological polar surface area (TPSA) is 74.0 Å². The lowest BCUT2D eigenvalue weighted by molar-refractivity contribution is -0.119. The van der Waals surface area contributed by atoms with Crippen molar-refractivity contribution in [2.45, 2.75) is 18.9 Å². The largest absolute Gasteiger partial charge is 0.308 e. The molecule has 1 fully saturated rings. The van der Waals surface area contributed by atoms with Gasteiger partial charge in [-0.2, -0.15) is 10.4 Å². The van der Waals surface area contributed by atoms with E-state index in [9.17, 15) is 10.1 Å². The molecular weight excluding hydrogens is 350 g/mol. The van der Waals surface area contributed by atoms with E-state index in [4.69, 9.17) is 0 Å². The summed E-state index contributed by atoms with van der Waals surface area (Å²) in [6.45, 7) is 1.22. The van der Waals surface area contributed by atoms with Gasteiger partial charge in [0.2, 0.25) is 5.91 Å². The van der Waals surface area contributed by atoms with E-state index in [0.29, 0.717) is 24.0 Å². The molecule has 1 atom stereocenters. The molecule has 28 heavy (non-hydrogen) atoms. The van der Waals surface area contributed by atoms with Crippen LogP contribution in [0.3, 0.4) is 0 Å². The molecule has 0 aliphatic carbocycles. The molecule has 1 saturated heterocycles. The Morgan fingerprint density at radius 1 is 1.14 bits per heavy atom. The average molecular weight is 371 g/mol. The number of amides is 1. The number of nitrogens with zero attached hydrogens (tertiary/aromatic N) is 4. The number of carbonyl (C=O) groups excluding carboxylic acids is 1. The molecule has 0 spiro atoms. The van der Waals surface area contributed by atoms with Crippen molar-refractivity contribution in [2.75, 3.05) is 18.4 Å². The standard InChI is InChI=1S/C22H21N5O/c23-14-18-15-24-27(19-9-5-2-6-10-19)22(18)25-21(28)16-26-12-11-20(26)13-17-7-3-1-4-8-17/h1-10,15,20H,11-13,16H2,(H,25,28)/t20-/m1/s1. The Labute approximate surface area is 164 Å². The van der Waals surface area contributed by atoms with Gasteiger partial charge in [0.05, 0.1) is 18.4 Å². The molecular formula is C22H21N5O. The lowest BCUT2D eigenvalue weighted by atomic mass is 9.95. The third kappa shape index (κ3) is 3.80. The SMILES string of the molecule is N#Cc1cnn(-c2ccccc2)c1NC(=O)CN1CC[C@@H]1Cc1ccccc1. The second kappa shape index (κ2) is 8.07. The van der Waals surface area contributed by atoms with Crippen LogP contribution in [-0.4, -0.2) is 39.7 Å². The van der Waals surface area contributed by atoms with E-state index in [2.05, 4.69) is 33.5 Å². The Morgan fingerprint density at radius 2 is 1.86 bits per heavy atom. The van der Waals surface area contributed by atoms with Crippen LogP contribution in [0.1, 0.15) is 17.5 Å². The maximum Gasteiger partial charge on any atom is 0.239 e. The first-order valence-corrected chi connectivity index (χ1v) is 9.36. The normalized spacial score (nSPS) is 16.2. The van der Waals surface area contributed by atoms with Gasteiger partial charge in [0.15, 0.2) is 5.82 Å². The highest BCUT2D eigenvalue weighted by Crippen LogP contribution is 2.23. The molecule has 2 aromatic carbocycles. The smallest absolute Gasteiger partial charge is 0.239 e. The molecule has 6 nitrogen and oxygen atoms in total. The van der Waals surface area contributed by atoms with E-state index >= 15 is 0 Å². The van der Waals surface area contributed by atoms with E-state index < -0.39 is 0 Å². The van der Waals surface area contributed by atoms with Crippen molar-refractivity contribution in [1.29, 1.82) is 5.26 Å². The van der Waals surface area contributed by atoms with E-state index in [-0.39, 0.29) is 5.91 Å². The Balaban J connectivity index is 1.43. The summed E-state index contributed by atoms with van der Waals surface area (Å²) < 4.78 is 1.59. The van der Waals surface area contributed by atoms with Crippen LogP contribution in [0.4, 0.5) is 5.82 Å². The molecule has 0 saturated carbocycles. The fraction of sp³-hybridized carbons (Fsp3) is 0.227. The first-order valence-electron chi connectivity index (χ1n) is 9.36. The molecule has 1 aromatic heterocycles. The predicted molar refractivity (Wildman–Crippen MR) is 107 cm³/mol. The Kier molecular flexibility index (Phi) is 5.18. The first kappa shape index (κ1) is 18.0. The quantitative estimate of drug-likeness (QED) is 0.723. The summed E-state index contributed by atoms with van der Waals surface area (Å²) in [6, 6.07) is 22.3. The van der Waals surface area contributed by atoms with Gasteiger partial charge < -0.3 is 5.32 Å². The predicted octanol–water partition coefficient (Wildman–Crippen LogP) is 3.00. The minimum atomic E-state index is -0.132. The van der Waals surface area contributed by atoms with Gasteiger partial charge in [-0.25, -0.2) is 4.68 Å². The number of anilines is 1. The zero-order chi connectivity index (χ0) is 19.3. The third-order valence-corrected chi connectivity index (χ3v) is 5.08. The first-order chi connectivity index (χ1) is 13.7. The number of para-hydroxylation sites is 1. The Hall–Kier alpha value is -3.43. The van der Waals surface area contributed by atoms with Crippen molar-refractivity contribution in [3.05, 3.63) is 78.0 Å². The van der Waals surface area contributed by atoms with Crippen LogP contribution in [0.5, 0.6) is 0 Å². The number of aromatic nitrogens is 2. The van der Waals surface area contributed by atoms with E-state index in [1.54, 1.807) is 4.68 Å². The summed E-state index contributed by atoms with van der Waals surface area (Å²) in [5.74, 6) is 0.283. The van der Waals surface area contributed by atoms with Gasteiger partial charge in [-0.05, 0) is 30.5 Å². The number of nitriles is 1. The number of hydrogen-bond donors (Lipinski definition) is 1. The van der Waals surface area contributed by atoms with E-state index in [1.165, 1.54) is 11.8 Å². The fourth-order valence-electron chi connectivity index (χ4n) is 3.49. The third-order valence-electron chi connectivity index (χ3n) is 5.08. The summed E-state index contributed by atoms with van der Waals surface area (Å²) >= 11 is 0. The highest BCUT2D eigenvalue weighted by atomic mass is 16.2. The van der Waals surface area contributed by atoms with Crippen molar-refractivity contribution < 1.29 is 4.79 Å². The summed E-state index contributed by atoms with van der Waals surface area (Å²) in [5.41, 5.74) is 2.43. The van der Waals surface area contributed by atoms with Crippen LogP contribution in [0.25, 0.3) is 5.69 Å². The van der Waals surface area contributed by atoms with Crippen LogP contribution < -0.4 is 5.32 Å². The van der Waals surface area contributed by atoms with Crippen molar-refractivity contribution in [1.82, 2.24) is 14.7 Å². The van der Waals surface area contributed by atoms with Gasteiger partial charge >= 0.3 is 0 Å². The van der Waals surface area contributed by atoms with Crippen molar-refractivity contribution in [2.24, 2.45) is 0 Å². The highest BCUT2D eigenvalue weighted by molar-refractivity contribution is 5.93. The molecule has 0 radical (unpaired) electrons. The van der Waals surface area contributed by atoms with Crippen LogP contribution >= 0.6 is 0 Å². The lowest BCUT2D eigenvalue weighted by Crippen LogP contribution is -2.51. The Morgan fingerprint density at radius 3 is 2.50 bits per heavy atom. The average Bonchev–Trinajstić information content (AvgIpc) is 3.13. The minimum Gasteiger partial charge on any atom is -0.308 e. The second-order valence-corrected chi connectivity index (χ2v) is 6.92. The maximum absolute atomic E-state index is 12.7. The van der Waals surface area contributed by atoms with Crippen LogP contribution in [0.15, 0.2) is 66.9 Å². The molecule has 1 aliphatic rings. The molecule has 4 rings (SSSR count). The van der Waals surface area contributed by atoms with Gasteiger partial charge in [0.25, 0.3) is 0 Å². The molecule has 0 bridgehead atoms. The number of benzene rings is 2.